The molecule has 0 aliphatic carbocycles. The molecule has 2 N–H and O–H groups in total. The van der Waals surface area contributed by atoms with E-state index in [2.05, 4.69) is 29.1 Å². The van der Waals surface area contributed by atoms with Gasteiger partial charge in [0.1, 0.15) is 0 Å². The van der Waals surface area contributed by atoms with Crippen molar-refractivity contribution in [3.63, 3.8) is 0 Å². The minimum atomic E-state index is 0.262. The fourth-order valence-electron chi connectivity index (χ4n) is 0.981. The molecule has 3 heteroatoms. The lowest BCUT2D eigenvalue weighted by molar-refractivity contribution is 0.268. The maximum Gasteiger partial charge on any atom is 0.0445 e. The molecule has 2 nitrogen and oxygen atoms in total. The molecule has 0 saturated carbocycles. The predicted octanol–water partition coefficient (Wildman–Crippen LogP) is 1.61. The Morgan fingerprint density at radius 3 is 3.08 bits per heavy atom. The van der Waals surface area contributed by atoms with Crippen LogP contribution in [0.1, 0.15) is 18.9 Å². The van der Waals surface area contributed by atoms with Crippen LogP contribution >= 0.6 is 11.3 Å². The molecule has 1 unspecified atom stereocenters. The second-order valence-electron chi connectivity index (χ2n) is 2.93. The molecule has 1 aromatic heterocycles. The van der Waals surface area contributed by atoms with Crippen molar-refractivity contribution < 1.29 is 5.11 Å². The summed E-state index contributed by atoms with van der Waals surface area (Å²) in [6, 6.07) is 2.51. The van der Waals surface area contributed by atoms with E-state index >= 15 is 0 Å². The Kier molecular flexibility index (Phi) is 4.29. The van der Waals surface area contributed by atoms with Crippen LogP contribution in [0.5, 0.6) is 0 Å². The summed E-state index contributed by atoms with van der Waals surface area (Å²) in [5.41, 5.74) is 1.32. The van der Waals surface area contributed by atoms with Crippen LogP contribution in [-0.4, -0.2) is 17.8 Å². The molecule has 1 heterocycles. The first-order valence-corrected chi connectivity index (χ1v) is 5.12. The smallest absolute Gasteiger partial charge is 0.0445 e. The zero-order valence-corrected chi connectivity index (χ0v) is 8.10. The van der Waals surface area contributed by atoms with Gasteiger partial charge in [-0.15, -0.1) is 0 Å². The van der Waals surface area contributed by atoms with Crippen molar-refractivity contribution in [1.29, 1.82) is 0 Å². The summed E-state index contributed by atoms with van der Waals surface area (Å²) in [5.74, 6) is 0. The fourth-order valence-corrected chi connectivity index (χ4v) is 1.65. The molecule has 68 valence electrons. The van der Waals surface area contributed by atoms with E-state index in [-0.39, 0.29) is 6.61 Å². The zero-order valence-electron chi connectivity index (χ0n) is 7.29. The number of nitrogens with one attached hydrogen (secondary N) is 1. The van der Waals surface area contributed by atoms with Gasteiger partial charge in [0, 0.05) is 19.2 Å². The molecule has 0 aliphatic heterocycles. The first-order valence-electron chi connectivity index (χ1n) is 4.18. The summed E-state index contributed by atoms with van der Waals surface area (Å²) >= 11 is 1.72. The molecule has 0 saturated heterocycles. The van der Waals surface area contributed by atoms with Crippen molar-refractivity contribution in [3.8, 4) is 0 Å². The Balaban J connectivity index is 2.17. The van der Waals surface area contributed by atoms with E-state index in [1.54, 1.807) is 11.3 Å². The third kappa shape index (κ3) is 3.34. The van der Waals surface area contributed by atoms with Crippen LogP contribution < -0.4 is 5.32 Å². The molecule has 0 fully saturated rings. The lowest BCUT2D eigenvalue weighted by Gasteiger charge is -2.10. The lowest BCUT2D eigenvalue weighted by Crippen LogP contribution is -2.26. The molecular weight excluding hydrogens is 170 g/mol. The first kappa shape index (κ1) is 9.71. The third-order valence-corrected chi connectivity index (χ3v) is 2.53. The Morgan fingerprint density at radius 1 is 1.67 bits per heavy atom. The van der Waals surface area contributed by atoms with Gasteiger partial charge in [-0.2, -0.15) is 11.3 Å². The molecule has 1 atom stereocenters. The summed E-state index contributed by atoms with van der Waals surface area (Å²) in [4.78, 5) is 0. The Morgan fingerprint density at radius 2 is 2.50 bits per heavy atom. The highest BCUT2D eigenvalue weighted by Crippen LogP contribution is 2.05. The van der Waals surface area contributed by atoms with Crippen LogP contribution in [-0.2, 0) is 6.54 Å². The summed E-state index contributed by atoms with van der Waals surface area (Å²) in [5, 5.41) is 16.2. The molecule has 0 amide bonds. The molecular formula is C9H15NOS. The molecule has 0 radical (unpaired) electrons. The van der Waals surface area contributed by atoms with Gasteiger partial charge in [0.2, 0.25) is 0 Å². The SMILES string of the molecule is CC(CCO)NCc1ccsc1. The maximum absolute atomic E-state index is 8.66. The van der Waals surface area contributed by atoms with Crippen molar-refractivity contribution in [2.75, 3.05) is 6.61 Å². The first-order chi connectivity index (χ1) is 5.83. The zero-order chi connectivity index (χ0) is 8.81. The number of hydrogen-bond acceptors (Lipinski definition) is 3. The van der Waals surface area contributed by atoms with Crippen molar-refractivity contribution in [3.05, 3.63) is 22.4 Å². The monoisotopic (exact) mass is 185 g/mol. The predicted molar refractivity (Wildman–Crippen MR) is 52.3 cm³/mol. The summed E-state index contributed by atoms with van der Waals surface area (Å²) in [6.45, 7) is 3.26. The van der Waals surface area contributed by atoms with Gasteiger partial charge in [-0.25, -0.2) is 0 Å². The largest absolute Gasteiger partial charge is 0.396 e. The van der Waals surface area contributed by atoms with Gasteiger partial charge in [-0.1, -0.05) is 0 Å². The van der Waals surface area contributed by atoms with Gasteiger partial charge in [0.25, 0.3) is 0 Å². The number of aliphatic hydroxyl groups is 1. The normalized spacial score (nSPS) is 13.2. The van der Waals surface area contributed by atoms with Gasteiger partial charge in [-0.3, -0.25) is 0 Å². The van der Waals surface area contributed by atoms with Crippen molar-refractivity contribution in [2.24, 2.45) is 0 Å². The molecule has 1 rings (SSSR count). The van der Waals surface area contributed by atoms with E-state index in [4.69, 9.17) is 5.11 Å². The van der Waals surface area contributed by atoms with Gasteiger partial charge in [0.05, 0.1) is 0 Å². The van der Waals surface area contributed by atoms with Gasteiger partial charge < -0.3 is 10.4 Å². The van der Waals surface area contributed by atoms with Crippen LogP contribution in [0.15, 0.2) is 16.8 Å². The highest BCUT2D eigenvalue weighted by molar-refractivity contribution is 7.07. The molecule has 0 aliphatic rings. The molecule has 1 aromatic rings. The molecule has 0 spiro atoms. The highest BCUT2D eigenvalue weighted by Gasteiger charge is 1.99. The van der Waals surface area contributed by atoms with Crippen molar-refractivity contribution >= 4 is 11.3 Å². The third-order valence-electron chi connectivity index (χ3n) is 1.80. The van der Waals surface area contributed by atoms with E-state index in [1.165, 1.54) is 5.56 Å². The second-order valence-corrected chi connectivity index (χ2v) is 3.71. The van der Waals surface area contributed by atoms with Crippen LogP contribution in [0.3, 0.4) is 0 Å². The quantitative estimate of drug-likeness (QED) is 0.730. The van der Waals surface area contributed by atoms with E-state index in [0.717, 1.165) is 13.0 Å². The molecule has 0 bridgehead atoms. The van der Waals surface area contributed by atoms with Crippen LogP contribution in [0.25, 0.3) is 0 Å². The Bertz CT molecular complexity index is 198. The summed E-state index contributed by atoms with van der Waals surface area (Å²) in [7, 11) is 0. The Hall–Kier alpha value is -0.380. The van der Waals surface area contributed by atoms with Crippen LogP contribution in [0.4, 0.5) is 0 Å². The maximum atomic E-state index is 8.66. The van der Waals surface area contributed by atoms with Gasteiger partial charge in [-0.05, 0) is 35.7 Å². The average molecular weight is 185 g/mol. The van der Waals surface area contributed by atoms with E-state index in [1.807, 2.05) is 0 Å². The lowest BCUT2D eigenvalue weighted by atomic mass is 10.2. The second kappa shape index (κ2) is 5.30. The van der Waals surface area contributed by atoms with Gasteiger partial charge >= 0.3 is 0 Å². The van der Waals surface area contributed by atoms with Crippen molar-refractivity contribution in [1.82, 2.24) is 5.32 Å². The number of rotatable bonds is 5. The number of aliphatic hydroxyl groups excluding tert-OH is 1. The molecule has 0 aromatic carbocycles. The van der Waals surface area contributed by atoms with E-state index in [0.29, 0.717) is 6.04 Å². The number of hydrogen-bond donors (Lipinski definition) is 2. The van der Waals surface area contributed by atoms with E-state index in [9.17, 15) is 0 Å². The number of thiophene rings is 1. The summed E-state index contributed by atoms with van der Waals surface area (Å²) < 4.78 is 0. The summed E-state index contributed by atoms with van der Waals surface area (Å²) in [6.07, 6.45) is 0.824. The molecule has 12 heavy (non-hydrogen) atoms. The average Bonchev–Trinajstić information content (AvgIpc) is 2.53. The highest BCUT2D eigenvalue weighted by atomic mass is 32.1. The minimum Gasteiger partial charge on any atom is -0.396 e. The van der Waals surface area contributed by atoms with E-state index < -0.39 is 0 Å². The fraction of sp³-hybridized carbons (Fsp3) is 0.556. The van der Waals surface area contributed by atoms with Crippen LogP contribution in [0, 0.1) is 0 Å². The van der Waals surface area contributed by atoms with Crippen molar-refractivity contribution in [2.45, 2.75) is 25.9 Å². The topological polar surface area (TPSA) is 32.3 Å². The standard InChI is InChI=1S/C9H15NOS/c1-8(2-4-11)10-6-9-3-5-12-7-9/h3,5,7-8,10-11H,2,4,6H2,1H3. The van der Waals surface area contributed by atoms with Gasteiger partial charge in [0.15, 0.2) is 0 Å². The Labute approximate surface area is 77.2 Å². The van der Waals surface area contributed by atoms with Crippen LogP contribution in [0.2, 0.25) is 0 Å². The minimum absolute atomic E-state index is 0.262.